The molecule has 0 amide bonds. The highest BCUT2D eigenvalue weighted by Gasteiger charge is 2.38. The lowest BCUT2D eigenvalue weighted by Gasteiger charge is -2.46. The number of allylic oxidation sites excluding steroid dienone is 3. The Morgan fingerprint density at radius 1 is 0.686 bits per heavy atom. The van der Waals surface area contributed by atoms with Gasteiger partial charge in [-0.2, -0.15) is 0 Å². The Morgan fingerprint density at radius 2 is 1.37 bits per heavy atom. The number of aryl methyl sites for hydroxylation is 1. The van der Waals surface area contributed by atoms with Gasteiger partial charge >= 0.3 is 0 Å². The minimum absolute atomic E-state index is 0.238. The molecule has 0 aliphatic heterocycles. The van der Waals surface area contributed by atoms with Crippen LogP contribution in [0, 0.1) is 12.8 Å². The Balaban J connectivity index is 1.17. The molecule has 1 nitrogen and oxygen atoms in total. The van der Waals surface area contributed by atoms with Crippen LogP contribution in [0.2, 0.25) is 0 Å². The van der Waals surface area contributed by atoms with E-state index in [0.717, 1.165) is 6.42 Å². The third kappa shape index (κ3) is 6.37. The van der Waals surface area contributed by atoms with Gasteiger partial charge in [0.25, 0.3) is 0 Å². The number of anilines is 2. The number of thiophene rings is 1. The molecule has 250 valence electrons. The second-order valence-corrected chi connectivity index (χ2v) is 15.3. The largest absolute Gasteiger partial charge is 0.332 e. The SMILES string of the molecule is C=C/C=C\c1cc(N(c2ccc(-c3ccc4sc5ccccc5c4c3)cc2)[C@@]2(C)C=CC(c3cccc(-c4ccccc4)c3)C(C)C2)ccc1C. The van der Waals surface area contributed by atoms with Crippen LogP contribution in [0.5, 0.6) is 0 Å². The van der Waals surface area contributed by atoms with Crippen LogP contribution in [-0.2, 0) is 0 Å². The molecule has 2 unspecified atom stereocenters. The van der Waals surface area contributed by atoms with Crippen molar-refractivity contribution < 1.29 is 0 Å². The molecule has 1 aromatic heterocycles. The molecule has 0 fully saturated rings. The summed E-state index contributed by atoms with van der Waals surface area (Å²) in [6.07, 6.45) is 12.0. The lowest BCUT2D eigenvalue weighted by Crippen LogP contribution is -2.45. The first-order valence-electron chi connectivity index (χ1n) is 18.0. The Hall–Kier alpha value is -5.44. The van der Waals surface area contributed by atoms with Gasteiger partial charge in [0.1, 0.15) is 0 Å². The fraction of sp³-hybridized carbons (Fsp3) is 0.143. The van der Waals surface area contributed by atoms with Crippen LogP contribution in [0.25, 0.3) is 48.5 Å². The van der Waals surface area contributed by atoms with E-state index in [4.69, 9.17) is 0 Å². The first-order valence-corrected chi connectivity index (χ1v) is 18.8. The lowest BCUT2D eigenvalue weighted by atomic mass is 9.72. The maximum Gasteiger partial charge on any atom is 0.0608 e. The van der Waals surface area contributed by atoms with Crippen LogP contribution >= 0.6 is 11.3 Å². The van der Waals surface area contributed by atoms with E-state index in [9.17, 15) is 0 Å². The van der Waals surface area contributed by atoms with Crippen LogP contribution in [0.3, 0.4) is 0 Å². The number of nitrogens with zero attached hydrogens (tertiary/aromatic N) is 1. The highest BCUT2D eigenvalue weighted by Crippen LogP contribution is 2.46. The molecule has 0 radical (unpaired) electrons. The van der Waals surface area contributed by atoms with Gasteiger partial charge in [0.05, 0.1) is 5.54 Å². The quantitative estimate of drug-likeness (QED) is 0.114. The maximum atomic E-state index is 3.91. The van der Waals surface area contributed by atoms with E-state index in [1.165, 1.54) is 70.5 Å². The van der Waals surface area contributed by atoms with Gasteiger partial charge in [-0.15, -0.1) is 11.3 Å². The molecule has 0 bridgehead atoms. The molecule has 1 aliphatic rings. The predicted molar refractivity (Wildman–Crippen MR) is 223 cm³/mol. The molecule has 0 N–H and O–H groups in total. The van der Waals surface area contributed by atoms with Crippen molar-refractivity contribution in [1.82, 2.24) is 0 Å². The van der Waals surface area contributed by atoms with E-state index in [2.05, 4.69) is 190 Å². The third-order valence-electron chi connectivity index (χ3n) is 10.7. The van der Waals surface area contributed by atoms with Gasteiger partial charge in [-0.1, -0.05) is 141 Å². The summed E-state index contributed by atoms with van der Waals surface area (Å²) >= 11 is 1.87. The molecule has 51 heavy (non-hydrogen) atoms. The zero-order valence-electron chi connectivity index (χ0n) is 29.6. The van der Waals surface area contributed by atoms with Crippen LogP contribution < -0.4 is 4.90 Å². The highest BCUT2D eigenvalue weighted by molar-refractivity contribution is 7.25. The second kappa shape index (κ2) is 13.7. The highest BCUT2D eigenvalue weighted by atomic mass is 32.1. The average molecular weight is 678 g/mol. The van der Waals surface area contributed by atoms with Crippen LogP contribution in [0.1, 0.15) is 42.9 Å². The van der Waals surface area contributed by atoms with E-state index < -0.39 is 0 Å². The summed E-state index contributed by atoms with van der Waals surface area (Å²) in [4.78, 5) is 2.56. The van der Waals surface area contributed by atoms with Gasteiger partial charge < -0.3 is 4.90 Å². The molecule has 3 atom stereocenters. The van der Waals surface area contributed by atoms with Crippen LogP contribution in [-0.4, -0.2) is 5.54 Å². The van der Waals surface area contributed by atoms with Crippen molar-refractivity contribution in [3.05, 3.63) is 187 Å². The Labute approximate surface area is 306 Å². The summed E-state index contributed by atoms with van der Waals surface area (Å²) in [5, 5.41) is 2.66. The number of hydrogen-bond acceptors (Lipinski definition) is 2. The van der Waals surface area contributed by atoms with Crippen molar-refractivity contribution in [3.63, 3.8) is 0 Å². The lowest BCUT2D eigenvalue weighted by molar-refractivity contribution is 0.361. The third-order valence-corrected chi connectivity index (χ3v) is 11.8. The molecular weight excluding hydrogens is 635 g/mol. The summed E-state index contributed by atoms with van der Waals surface area (Å²) in [7, 11) is 0. The van der Waals surface area contributed by atoms with E-state index in [1.54, 1.807) is 0 Å². The standard InChI is InChI=1S/C49H43NS/c1-5-6-13-38-31-43(24-20-34(38)2)50(42-25-21-37(22-26-42)40-23-27-48-46(32-40)45-18-10-11-19-47(45)51-48)49(4)29-28-44(35(3)33-49)41-17-12-16-39(30-41)36-14-8-7-9-15-36/h5-32,35,44H,1,33H2,2-4H3/b13-6-/t35?,44?,49-/m0/s1. The van der Waals surface area contributed by atoms with Crippen LogP contribution in [0.15, 0.2) is 170 Å². The zero-order chi connectivity index (χ0) is 35.0. The first-order chi connectivity index (χ1) is 24.9. The van der Waals surface area contributed by atoms with Crippen molar-refractivity contribution >= 4 is 49.0 Å². The van der Waals surface area contributed by atoms with Crippen molar-refractivity contribution in [2.45, 2.75) is 38.6 Å². The second-order valence-electron chi connectivity index (χ2n) is 14.2. The van der Waals surface area contributed by atoms with Gasteiger partial charge in [-0.05, 0) is 108 Å². The monoisotopic (exact) mass is 677 g/mol. The number of fused-ring (bicyclic) bond motifs is 3. The predicted octanol–water partition coefficient (Wildman–Crippen LogP) is 14.2. The van der Waals surface area contributed by atoms with Gasteiger partial charge in [-0.25, -0.2) is 0 Å². The smallest absolute Gasteiger partial charge is 0.0608 e. The fourth-order valence-electron chi connectivity index (χ4n) is 8.07. The number of hydrogen-bond donors (Lipinski definition) is 0. The van der Waals surface area contributed by atoms with Gasteiger partial charge in [0, 0.05) is 37.5 Å². The molecule has 8 rings (SSSR count). The van der Waals surface area contributed by atoms with E-state index in [0.29, 0.717) is 11.8 Å². The summed E-state index contributed by atoms with van der Waals surface area (Å²) in [6.45, 7) is 10.9. The summed E-state index contributed by atoms with van der Waals surface area (Å²) in [6, 6.07) is 51.5. The molecule has 1 heterocycles. The maximum absolute atomic E-state index is 3.91. The molecule has 7 aromatic rings. The van der Waals surface area contributed by atoms with E-state index >= 15 is 0 Å². The topological polar surface area (TPSA) is 3.24 Å². The average Bonchev–Trinajstić information content (AvgIpc) is 3.54. The Bertz CT molecular complexity index is 2410. The molecule has 0 saturated heterocycles. The zero-order valence-corrected chi connectivity index (χ0v) is 30.4. The Morgan fingerprint density at radius 3 is 2.18 bits per heavy atom. The number of rotatable bonds is 8. The van der Waals surface area contributed by atoms with Crippen molar-refractivity contribution in [2.75, 3.05) is 4.90 Å². The molecule has 0 spiro atoms. The van der Waals surface area contributed by atoms with Crippen molar-refractivity contribution in [3.8, 4) is 22.3 Å². The van der Waals surface area contributed by atoms with E-state index in [1.807, 2.05) is 23.5 Å². The molecular formula is C49H43NS. The molecule has 0 saturated carbocycles. The molecule has 2 heteroatoms. The van der Waals surface area contributed by atoms with Gasteiger partial charge in [0.2, 0.25) is 0 Å². The summed E-state index contributed by atoms with van der Waals surface area (Å²) < 4.78 is 2.67. The molecule has 6 aromatic carbocycles. The first kappa shape index (κ1) is 32.7. The number of benzene rings is 6. The van der Waals surface area contributed by atoms with Crippen molar-refractivity contribution in [2.24, 2.45) is 5.92 Å². The summed E-state index contributed by atoms with van der Waals surface area (Å²) in [5.41, 5.74) is 11.0. The van der Waals surface area contributed by atoms with Gasteiger partial charge in [0.15, 0.2) is 0 Å². The minimum atomic E-state index is -0.238. The van der Waals surface area contributed by atoms with Crippen LogP contribution in [0.4, 0.5) is 11.4 Å². The fourth-order valence-corrected chi connectivity index (χ4v) is 9.16. The van der Waals surface area contributed by atoms with E-state index in [-0.39, 0.29) is 5.54 Å². The summed E-state index contributed by atoms with van der Waals surface area (Å²) in [5.74, 6) is 0.781. The van der Waals surface area contributed by atoms with Crippen molar-refractivity contribution in [1.29, 1.82) is 0 Å². The normalized spacial score (nSPS) is 18.8. The Kier molecular flexibility index (Phi) is 8.80. The minimum Gasteiger partial charge on any atom is -0.332 e. The molecule has 1 aliphatic carbocycles. The van der Waals surface area contributed by atoms with Gasteiger partial charge in [-0.3, -0.25) is 0 Å².